The summed E-state index contributed by atoms with van der Waals surface area (Å²) in [6.45, 7) is 7.84. The molecule has 0 spiro atoms. The van der Waals surface area contributed by atoms with Crippen LogP contribution in [0.2, 0.25) is 0 Å². The average Bonchev–Trinajstić information content (AvgIpc) is 2.99. The van der Waals surface area contributed by atoms with Crippen molar-refractivity contribution in [1.82, 2.24) is 15.2 Å². The molecular weight excluding hydrogens is 376 g/mol. The predicted octanol–water partition coefficient (Wildman–Crippen LogP) is 3.11. The molecule has 3 heterocycles. The van der Waals surface area contributed by atoms with Crippen molar-refractivity contribution in [3.63, 3.8) is 0 Å². The molecule has 1 aliphatic carbocycles. The Labute approximate surface area is 168 Å². The number of piperidine rings is 1. The van der Waals surface area contributed by atoms with E-state index in [4.69, 9.17) is 10.5 Å². The Bertz CT molecular complexity index is 908. The van der Waals surface area contributed by atoms with Crippen molar-refractivity contribution in [2.45, 2.75) is 32.8 Å². The van der Waals surface area contributed by atoms with Gasteiger partial charge in [-0.15, -0.1) is 11.3 Å². The molecule has 2 aromatic rings. The molecule has 2 fully saturated rings. The fourth-order valence-electron chi connectivity index (χ4n) is 4.07. The van der Waals surface area contributed by atoms with E-state index in [9.17, 15) is 9.59 Å². The van der Waals surface area contributed by atoms with Gasteiger partial charge in [-0.3, -0.25) is 4.79 Å². The standard InChI is InChI=1S/C20H26N4O3S/c1-20(2,3)27-19(26)24-9-13-12(14(13)10-24)4-5-22-18(25)15-6-11-7-17(21)23-8-16(11)28-15/h6-8,12-14H,4-5,9-10H2,1-3H3,(H2,21,23)(H,22,25)/t12?,13-,14+. The maximum atomic E-state index is 12.4. The van der Waals surface area contributed by atoms with Gasteiger partial charge in [-0.25, -0.2) is 9.78 Å². The topological polar surface area (TPSA) is 97.5 Å². The van der Waals surface area contributed by atoms with Crippen molar-refractivity contribution in [1.29, 1.82) is 0 Å². The number of ether oxygens (including phenoxy) is 1. The van der Waals surface area contributed by atoms with Gasteiger partial charge in [-0.1, -0.05) is 0 Å². The molecule has 3 N–H and O–H groups in total. The first-order valence-electron chi connectivity index (χ1n) is 9.62. The van der Waals surface area contributed by atoms with E-state index in [1.54, 1.807) is 12.3 Å². The quantitative estimate of drug-likeness (QED) is 0.819. The smallest absolute Gasteiger partial charge is 0.410 e. The van der Waals surface area contributed by atoms with E-state index >= 15 is 0 Å². The summed E-state index contributed by atoms with van der Waals surface area (Å²) in [5.74, 6) is 2.08. The Hall–Kier alpha value is -2.35. The molecule has 1 unspecified atom stereocenters. The first-order chi connectivity index (χ1) is 13.2. The number of nitrogens with one attached hydrogen (secondary N) is 1. The van der Waals surface area contributed by atoms with Gasteiger partial charge in [0.15, 0.2) is 0 Å². The van der Waals surface area contributed by atoms with Gasteiger partial charge in [0.25, 0.3) is 5.91 Å². The lowest BCUT2D eigenvalue weighted by Gasteiger charge is -2.25. The number of hydrogen-bond acceptors (Lipinski definition) is 6. The number of nitrogen functional groups attached to an aromatic ring is 1. The second-order valence-electron chi connectivity index (χ2n) is 8.68. The minimum atomic E-state index is -0.456. The number of aromatic nitrogens is 1. The molecule has 4 rings (SSSR count). The normalized spacial score (nSPS) is 23.5. The van der Waals surface area contributed by atoms with Crippen molar-refractivity contribution in [2.24, 2.45) is 17.8 Å². The number of nitrogens with two attached hydrogens (primary N) is 1. The summed E-state index contributed by atoms with van der Waals surface area (Å²) in [5, 5.41) is 3.96. The van der Waals surface area contributed by atoms with E-state index < -0.39 is 5.60 Å². The van der Waals surface area contributed by atoms with Gasteiger partial charge >= 0.3 is 6.09 Å². The van der Waals surface area contributed by atoms with Crippen LogP contribution in [-0.2, 0) is 4.74 Å². The largest absolute Gasteiger partial charge is 0.444 e. The summed E-state index contributed by atoms with van der Waals surface area (Å²) in [7, 11) is 0. The number of hydrogen-bond donors (Lipinski definition) is 2. The number of likely N-dealkylation sites (tertiary alicyclic amines) is 1. The molecule has 7 nitrogen and oxygen atoms in total. The number of carbonyl (C=O) groups is 2. The highest BCUT2D eigenvalue weighted by Gasteiger charge is 2.56. The van der Waals surface area contributed by atoms with Crippen molar-refractivity contribution in [2.75, 3.05) is 25.4 Å². The highest BCUT2D eigenvalue weighted by atomic mass is 32.1. The van der Waals surface area contributed by atoms with Gasteiger partial charge in [0.05, 0.1) is 9.58 Å². The molecule has 0 bridgehead atoms. The zero-order chi connectivity index (χ0) is 20.1. The van der Waals surface area contributed by atoms with Gasteiger partial charge in [-0.2, -0.15) is 0 Å². The molecule has 1 saturated heterocycles. The van der Waals surface area contributed by atoms with Crippen molar-refractivity contribution in [3.8, 4) is 0 Å². The third kappa shape index (κ3) is 3.92. The Balaban J connectivity index is 1.22. The zero-order valence-electron chi connectivity index (χ0n) is 16.4. The predicted molar refractivity (Wildman–Crippen MR) is 109 cm³/mol. The molecule has 0 radical (unpaired) electrons. The summed E-state index contributed by atoms with van der Waals surface area (Å²) in [4.78, 5) is 31.1. The first-order valence-corrected chi connectivity index (χ1v) is 10.4. The van der Waals surface area contributed by atoms with Gasteiger partial charge in [0, 0.05) is 25.8 Å². The van der Waals surface area contributed by atoms with Gasteiger partial charge < -0.3 is 20.7 Å². The third-order valence-electron chi connectivity index (χ3n) is 5.44. The van der Waals surface area contributed by atoms with Crippen LogP contribution >= 0.6 is 11.3 Å². The summed E-state index contributed by atoms with van der Waals surface area (Å²) in [6, 6.07) is 3.64. The summed E-state index contributed by atoms with van der Waals surface area (Å²) >= 11 is 1.43. The summed E-state index contributed by atoms with van der Waals surface area (Å²) < 4.78 is 6.40. The van der Waals surface area contributed by atoms with E-state index in [0.29, 0.717) is 35.0 Å². The zero-order valence-corrected chi connectivity index (χ0v) is 17.2. The Morgan fingerprint density at radius 1 is 1.32 bits per heavy atom. The van der Waals surface area contributed by atoms with Crippen molar-refractivity contribution < 1.29 is 14.3 Å². The van der Waals surface area contributed by atoms with Crippen LogP contribution in [0.3, 0.4) is 0 Å². The summed E-state index contributed by atoms with van der Waals surface area (Å²) in [6.07, 6.45) is 2.43. The van der Waals surface area contributed by atoms with E-state index in [1.165, 1.54) is 11.3 Å². The number of pyridine rings is 1. The highest BCUT2D eigenvalue weighted by Crippen LogP contribution is 2.53. The van der Waals surface area contributed by atoms with Crippen LogP contribution in [0, 0.1) is 17.8 Å². The number of carbonyl (C=O) groups excluding carboxylic acids is 2. The SMILES string of the molecule is CC(C)(C)OC(=O)N1C[C@@H]2C(CCNC(=O)c3cc4cc(N)ncc4s3)[C@@H]2C1. The Morgan fingerprint density at radius 3 is 2.71 bits per heavy atom. The fourth-order valence-corrected chi connectivity index (χ4v) is 5.00. The molecular formula is C20H26N4O3S. The Morgan fingerprint density at radius 2 is 2.04 bits per heavy atom. The third-order valence-corrected chi connectivity index (χ3v) is 6.52. The van der Waals surface area contributed by atoms with Crippen LogP contribution in [-0.4, -0.2) is 47.1 Å². The average molecular weight is 403 g/mol. The number of amides is 2. The number of rotatable bonds is 4. The second-order valence-corrected chi connectivity index (χ2v) is 9.76. The van der Waals surface area contributed by atoms with Crippen LogP contribution in [0.15, 0.2) is 18.3 Å². The van der Waals surface area contributed by atoms with E-state index in [2.05, 4.69) is 10.3 Å². The lowest BCUT2D eigenvalue weighted by Crippen LogP contribution is -2.37. The van der Waals surface area contributed by atoms with Crippen LogP contribution in [0.4, 0.5) is 10.6 Å². The maximum Gasteiger partial charge on any atom is 0.410 e. The van der Waals surface area contributed by atoms with Gasteiger partial charge in [0.2, 0.25) is 0 Å². The number of anilines is 1. The van der Waals surface area contributed by atoms with Crippen LogP contribution < -0.4 is 11.1 Å². The highest BCUT2D eigenvalue weighted by molar-refractivity contribution is 7.20. The minimum Gasteiger partial charge on any atom is -0.444 e. The van der Waals surface area contributed by atoms with E-state index in [0.717, 1.165) is 29.6 Å². The first kappa shape index (κ1) is 19.0. The number of thiophene rings is 1. The second kappa shape index (κ2) is 6.92. The maximum absolute atomic E-state index is 12.4. The molecule has 150 valence electrons. The van der Waals surface area contributed by atoms with Gasteiger partial charge in [0.1, 0.15) is 11.4 Å². The molecule has 2 aromatic heterocycles. The molecule has 28 heavy (non-hydrogen) atoms. The van der Waals surface area contributed by atoms with Crippen molar-refractivity contribution >= 4 is 39.2 Å². The van der Waals surface area contributed by atoms with Crippen LogP contribution in [0.5, 0.6) is 0 Å². The van der Waals surface area contributed by atoms with Crippen molar-refractivity contribution in [3.05, 3.63) is 23.2 Å². The summed E-state index contributed by atoms with van der Waals surface area (Å²) in [5.41, 5.74) is 5.24. The van der Waals surface area contributed by atoms with E-state index in [1.807, 2.05) is 31.7 Å². The lowest BCUT2D eigenvalue weighted by atomic mass is 10.2. The van der Waals surface area contributed by atoms with Crippen LogP contribution in [0.25, 0.3) is 10.1 Å². The van der Waals surface area contributed by atoms with Crippen LogP contribution in [0.1, 0.15) is 36.9 Å². The monoisotopic (exact) mass is 402 g/mol. The number of fused-ring (bicyclic) bond motifs is 2. The van der Waals surface area contributed by atoms with Gasteiger partial charge in [-0.05, 0) is 62.5 Å². The molecule has 1 saturated carbocycles. The Kier molecular flexibility index (Phi) is 4.69. The number of nitrogens with zero attached hydrogens (tertiary/aromatic N) is 2. The van der Waals surface area contributed by atoms with E-state index in [-0.39, 0.29) is 12.0 Å². The molecule has 0 aromatic carbocycles. The molecule has 2 aliphatic rings. The molecule has 2 amide bonds. The fraction of sp³-hybridized carbons (Fsp3) is 0.550. The lowest BCUT2D eigenvalue weighted by molar-refractivity contribution is 0.0265. The molecule has 1 aliphatic heterocycles. The molecule has 3 atom stereocenters. The minimum absolute atomic E-state index is 0.0547. The molecule has 8 heteroatoms.